The molecule has 1 aromatic heterocycles. The highest BCUT2D eigenvalue weighted by molar-refractivity contribution is 5.85. The Balaban J connectivity index is 0. The van der Waals surface area contributed by atoms with Crippen LogP contribution < -0.4 is 5.32 Å². The van der Waals surface area contributed by atoms with Crippen molar-refractivity contribution >= 4 is 30.6 Å². The number of nitrogens with one attached hydrogen (secondary N) is 1. The van der Waals surface area contributed by atoms with Crippen LogP contribution in [0.1, 0.15) is 5.56 Å². The van der Waals surface area contributed by atoms with Gasteiger partial charge in [0.05, 0.1) is 0 Å². The van der Waals surface area contributed by atoms with E-state index in [-0.39, 0.29) is 24.8 Å². The second kappa shape index (κ2) is 6.25. The first-order chi connectivity index (χ1) is 4.33. The molecule has 0 bridgehead atoms. The first kappa shape index (κ1) is 13.1. The third kappa shape index (κ3) is 4.06. The minimum Gasteiger partial charge on any atom is -0.373 e. The molecule has 0 saturated heterocycles. The Labute approximate surface area is 79.2 Å². The third-order valence-corrected chi connectivity index (χ3v) is 1.17. The fourth-order valence-corrected chi connectivity index (χ4v) is 0.616. The number of pyridine rings is 1. The lowest BCUT2D eigenvalue weighted by molar-refractivity contribution is 1.24. The van der Waals surface area contributed by atoms with Crippen LogP contribution in [-0.4, -0.2) is 12.0 Å². The van der Waals surface area contributed by atoms with E-state index in [0.717, 1.165) is 5.82 Å². The third-order valence-electron chi connectivity index (χ3n) is 1.17. The maximum atomic E-state index is 4.09. The molecule has 1 heterocycles. The summed E-state index contributed by atoms with van der Waals surface area (Å²) in [5, 5.41) is 2.94. The minimum atomic E-state index is 0. The molecular formula is C7H12Cl2N2. The molecule has 0 aliphatic rings. The van der Waals surface area contributed by atoms with Gasteiger partial charge < -0.3 is 5.32 Å². The molecular weight excluding hydrogens is 183 g/mol. The summed E-state index contributed by atoms with van der Waals surface area (Å²) in [5.74, 6) is 0.917. The molecule has 1 rings (SSSR count). The molecule has 64 valence electrons. The van der Waals surface area contributed by atoms with Crippen LogP contribution in [0.15, 0.2) is 18.3 Å². The molecule has 0 spiro atoms. The summed E-state index contributed by atoms with van der Waals surface area (Å²) in [7, 11) is 1.86. The van der Waals surface area contributed by atoms with Gasteiger partial charge in [0.25, 0.3) is 0 Å². The van der Waals surface area contributed by atoms with Crippen molar-refractivity contribution in [1.82, 2.24) is 4.98 Å². The number of aryl methyl sites for hydroxylation is 1. The van der Waals surface area contributed by atoms with Crippen molar-refractivity contribution in [1.29, 1.82) is 0 Å². The van der Waals surface area contributed by atoms with Gasteiger partial charge in [-0.1, -0.05) is 6.07 Å². The van der Waals surface area contributed by atoms with E-state index in [4.69, 9.17) is 0 Å². The van der Waals surface area contributed by atoms with Crippen LogP contribution in [0.3, 0.4) is 0 Å². The molecule has 11 heavy (non-hydrogen) atoms. The Morgan fingerprint density at radius 1 is 1.27 bits per heavy atom. The van der Waals surface area contributed by atoms with E-state index in [9.17, 15) is 0 Å². The van der Waals surface area contributed by atoms with Crippen molar-refractivity contribution in [3.8, 4) is 0 Å². The summed E-state index contributed by atoms with van der Waals surface area (Å²) < 4.78 is 0. The number of hydrogen-bond donors (Lipinski definition) is 1. The van der Waals surface area contributed by atoms with E-state index in [0.29, 0.717) is 0 Å². The van der Waals surface area contributed by atoms with E-state index in [1.165, 1.54) is 5.56 Å². The van der Waals surface area contributed by atoms with Crippen molar-refractivity contribution in [2.45, 2.75) is 6.92 Å². The van der Waals surface area contributed by atoms with Crippen molar-refractivity contribution < 1.29 is 0 Å². The summed E-state index contributed by atoms with van der Waals surface area (Å²) in [6, 6.07) is 3.98. The highest BCUT2D eigenvalue weighted by Crippen LogP contribution is 2.01. The SMILES string of the molecule is CNc1ccc(C)cn1.Cl.Cl. The Kier molecular flexibility index (Phi) is 7.47. The molecule has 4 heteroatoms. The Bertz CT molecular complexity index is 186. The van der Waals surface area contributed by atoms with Crippen LogP contribution in [0.2, 0.25) is 0 Å². The monoisotopic (exact) mass is 194 g/mol. The predicted molar refractivity (Wildman–Crippen MR) is 53.0 cm³/mol. The fraction of sp³-hybridized carbons (Fsp3) is 0.286. The largest absolute Gasteiger partial charge is 0.373 e. The van der Waals surface area contributed by atoms with Crippen molar-refractivity contribution in [3.05, 3.63) is 23.9 Å². The molecule has 0 atom stereocenters. The summed E-state index contributed by atoms with van der Waals surface area (Å²) in [6.45, 7) is 2.02. The standard InChI is InChI=1S/C7H10N2.2ClH/c1-6-3-4-7(8-2)9-5-6;;/h3-5H,1-2H3,(H,8,9);2*1H. The number of rotatable bonds is 1. The molecule has 0 aliphatic heterocycles. The molecule has 1 aromatic rings. The molecule has 0 unspecified atom stereocenters. The van der Waals surface area contributed by atoms with Gasteiger partial charge in [0.2, 0.25) is 0 Å². The van der Waals surface area contributed by atoms with Gasteiger partial charge in [-0.3, -0.25) is 0 Å². The molecule has 0 radical (unpaired) electrons. The van der Waals surface area contributed by atoms with Crippen LogP contribution in [0.25, 0.3) is 0 Å². The Morgan fingerprint density at radius 2 is 1.91 bits per heavy atom. The van der Waals surface area contributed by atoms with Gasteiger partial charge in [0.15, 0.2) is 0 Å². The van der Waals surface area contributed by atoms with E-state index in [1.807, 2.05) is 32.3 Å². The van der Waals surface area contributed by atoms with Crippen molar-refractivity contribution in [3.63, 3.8) is 0 Å². The zero-order valence-corrected chi connectivity index (χ0v) is 8.13. The maximum absolute atomic E-state index is 4.09. The average molecular weight is 195 g/mol. The van der Waals surface area contributed by atoms with Crippen LogP contribution in [0, 0.1) is 6.92 Å². The van der Waals surface area contributed by atoms with E-state index < -0.39 is 0 Å². The number of halogens is 2. The molecule has 1 N–H and O–H groups in total. The highest BCUT2D eigenvalue weighted by atomic mass is 35.5. The zero-order valence-electron chi connectivity index (χ0n) is 6.50. The molecule has 0 saturated carbocycles. The van der Waals surface area contributed by atoms with Crippen LogP contribution in [0.4, 0.5) is 5.82 Å². The second-order valence-corrected chi connectivity index (χ2v) is 1.97. The quantitative estimate of drug-likeness (QED) is 0.743. The number of hydrogen-bond acceptors (Lipinski definition) is 2. The first-order valence-electron chi connectivity index (χ1n) is 2.93. The molecule has 0 fully saturated rings. The fourth-order valence-electron chi connectivity index (χ4n) is 0.616. The number of anilines is 1. The normalized spacial score (nSPS) is 7.45. The lowest BCUT2D eigenvalue weighted by Gasteiger charge is -1.96. The van der Waals surface area contributed by atoms with Gasteiger partial charge >= 0.3 is 0 Å². The maximum Gasteiger partial charge on any atom is 0.125 e. The van der Waals surface area contributed by atoms with E-state index in [1.54, 1.807) is 0 Å². The van der Waals surface area contributed by atoms with Gasteiger partial charge in [-0.15, -0.1) is 24.8 Å². The summed E-state index contributed by atoms with van der Waals surface area (Å²) >= 11 is 0. The van der Waals surface area contributed by atoms with Gasteiger partial charge in [0, 0.05) is 13.2 Å². The first-order valence-corrected chi connectivity index (χ1v) is 2.93. The number of nitrogens with zero attached hydrogens (tertiary/aromatic N) is 1. The number of aromatic nitrogens is 1. The van der Waals surface area contributed by atoms with Crippen molar-refractivity contribution in [2.75, 3.05) is 12.4 Å². The molecule has 0 aromatic carbocycles. The second-order valence-electron chi connectivity index (χ2n) is 1.97. The van der Waals surface area contributed by atoms with Gasteiger partial charge in [0.1, 0.15) is 5.82 Å². The summed E-state index contributed by atoms with van der Waals surface area (Å²) in [5.41, 5.74) is 1.19. The molecule has 2 nitrogen and oxygen atoms in total. The van der Waals surface area contributed by atoms with Gasteiger partial charge in [-0.2, -0.15) is 0 Å². The minimum absolute atomic E-state index is 0. The van der Waals surface area contributed by atoms with E-state index in [2.05, 4.69) is 10.3 Å². The zero-order chi connectivity index (χ0) is 6.69. The van der Waals surface area contributed by atoms with Gasteiger partial charge in [-0.05, 0) is 18.6 Å². The van der Waals surface area contributed by atoms with Crippen LogP contribution in [0.5, 0.6) is 0 Å². The summed E-state index contributed by atoms with van der Waals surface area (Å²) in [4.78, 5) is 4.09. The van der Waals surface area contributed by atoms with Crippen molar-refractivity contribution in [2.24, 2.45) is 0 Å². The average Bonchev–Trinajstić information content (AvgIpc) is 1.90. The Hall–Kier alpha value is -0.470. The Morgan fingerprint density at radius 3 is 2.27 bits per heavy atom. The van der Waals surface area contributed by atoms with Crippen LogP contribution >= 0.6 is 24.8 Å². The molecule has 0 amide bonds. The van der Waals surface area contributed by atoms with E-state index >= 15 is 0 Å². The lowest BCUT2D eigenvalue weighted by atomic mass is 10.3. The molecule has 0 aliphatic carbocycles. The topological polar surface area (TPSA) is 24.9 Å². The predicted octanol–water partition coefficient (Wildman–Crippen LogP) is 2.28. The highest BCUT2D eigenvalue weighted by Gasteiger charge is 1.85. The lowest BCUT2D eigenvalue weighted by Crippen LogP contribution is -1.90. The van der Waals surface area contributed by atoms with Crippen LogP contribution in [-0.2, 0) is 0 Å². The van der Waals surface area contributed by atoms with Gasteiger partial charge in [-0.25, -0.2) is 4.98 Å². The smallest absolute Gasteiger partial charge is 0.125 e. The summed E-state index contributed by atoms with van der Waals surface area (Å²) in [6.07, 6.45) is 1.84.